The molecule has 0 saturated carbocycles. The maximum Gasteiger partial charge on any atom is 0.0171 e. The molecule has 0 aliphatic heterocycles. The molecular weight excluding hydrogens is 1230 g/mol. The number of rotatable bonds is 6. The number of fused-ring (bicyclic) bond motifs is 18. The molecule has 19 aromatic rings. The van der Waals surface area contributed by atoms with Gasteiger partial charge in [-0.1, -0.05) is 361 Å². The van der Waals surface area contributed by atoms with Crippen LogP contribution in [0.3, 0.4) is 0 Å². The average Bonchev–Trinajstić information content (AvgIpc) is 1.50. The van der Waals surface area contributed by atoms with Crippen LogP contribution in [-0.2, 0) is 10.8 Å². The summed E-state index contributed by atoms with van der Waals surface area (Å²) in [4.78, 5) is 0. The van der Waals surface area contributed by atoms with Crippen molar-refractivity contribution in [2.45, 2.75) is 38.5 Å². The molecule has 0 spiro atoms. The maximum atomic E-state index is 2.44. The molecule has 102 heavy (non-hydrogen) atoms. The number of benzene rings is 19. The fourth-order valence-electron chi connectivity index (χ4n) is 18.8. The van der Waals surface area contributed by atoms with Crippen LogP contribution >= 0.6 is 0 Å². The Labute approximate surface area is 594 Å². The van der Waals surface area contributed by atoms with Gasteiger partial charge in [0.1, 0.15) is 0 Å². The van der Waals surface area contributed by atoms with Gasteiger partial charge in [-0.25, -0.2) is 0 Å². The van der Waals surface area contributed by atoms with Crippen LogP contribution in [-0.4, -0.2) is 0 Å². The third kappa shape index (κ3) is 8.95. The summed E-state index contributed by atoms with van der Waals surface area (Å²) in [5.41, 5.74) is 26.2. The molecule has 0 saturated heterocycles. The molecule has 0 heterocycles. The van der Waals surface area contributed by atoms with Crippen LogP contribution in [0.4, 0.5) is 0 Å². The minimum absolute atomic E-state index is 0.141. The van der Waals surface area contributed by atoms with E-state index in [9.17, 15) is 0 Å². The molecular formula is C102H70. The summed E-state index contributed by atoms with van der Waals surface area (Å²) in [7, 11) is 0. The quantitative estimate of drug-likeness (QED) is 0.115. The third-order valence-corrected chi connectivity index (χ3v) is 23.0. The normalized spacial score (nSPS) is 13.3. The van der Waals surface area contributed by atoms with E-state index in [2.05, 4.69) is 380 Å². The molecule has 0 unspecified atom stereocenters. The van der Waals surface area contributed by atoms with Crippen LogP contribution in [0.15, 0.2) is 352 Å². The van der Waals surface area contributed by atoms with Gasteiger partial charge in [0.05, 0.1) is 0 Å². The molecule has 0 heteroatoms. The van der Waals surface area contributed by atoms with E-state index in [1.807, 2.05) is 0 Å². The zero-order valence-corrected chi connectivity index (χ0v) is 57.5. The van der Waals surface area contributed by atoms with Crippen molar-refractivity contribution in [3.63, 3.8) is 0 Å². The second-order valence-corrected chi connectivity index (χ2v) is 29.2. The Kier molecular flexibility index (Phi) is 13.5. The van der Waals surface area contributed by atoms with Gasteiger partial charge in [0.2, 0.25) is 0 Å². The standard InChI is InChI=1S/C53H36.C49H34/c1-53(2)51-38-20-6-3-15-33(38)29-30-47(51)46-28-14-27-39(52(46)53)34-17-13-18-36(31-34)49-42-23-9-11-25-44(42)50(45-26-12-10-24-43(45)49)48-32-35-16-4-5-19-37(35)40-21-7-8-22-41(40)48;1-49(2)47-36-20-6-4-15-32(36)28-29-44(47)43-27-13-25-37(48(43)49)33-17-11-18-34(30-33)45-39-21-7-9-23-41(39)46(42-24-10-8-22-40(42)45)38-26-12-16-31-14-3-5-19-35(31)38/h3-32H,1-2H3;3-30H,1-2H3. The van der Waals surface area contributed by atoms with Gasteiger partial charge in [0.15, 0.2) is 0 Å². The molecule has 2 aliphatic carbocycles. The van der Waals surface area contributed by atoms with Gasteiger partial charge >= 0.3 is 0 Å². The molecule has 0 aromatic heterocycles. The first kappa shape index (κ1) is 59.6. The van der Waals surface area contributed by atoms with E-state index in [1.54, 1.807) is 0 Å². The van der Waals surface area contributed by atoms with Gasteiger partial charge in [-0.3, -0.25) is 0 Å². The van der Waals surface area contributed by atoms with Gasteiger partial charge in [0.25, 0.3) is 0 Å². The van der Waals surface area contributed by atoms with Crippen molar-refractivity contribution in [3.8, 4) is 89.0 Å². The Balaban J connectivity index is 0.000000137. The maximum absolute atomic E-state index is 2.44. The highest BCUT2D eigenvalue weighted by Gasteiger charge is 2.41. The zero-order chi connectivity index (χ0) is 68.0. The summed E-state index contributed by atoms with van der Waals surface area (Å²) < 4.78 is 0. The largest absolute Gasteiger partial charge is 0.0616 e. The first-order chi connectivity index (χ1) is 50.2. The van der Waals surface area contributed by atoms with Gasteiger partial charge in [0, 0.05) is 10.8 Å². The smallest absolute Gasteiger partial charge is 0.0171 e. The Hall–Kier alpha value is -12.5. The summed E-state index contributed by atoms with van der Waals surface area (Å²) >= 11 is 0. The summed E-state index contributed by atoms with van der Waals surface area (Å²) in [6.45, 7) is 9.64. The van der Waals surface area contributed by atoms with Crippen molar-refractivity contribution in [2.24, 2.45) is 0 Å². The highest BCUT2D eigenvalue weighted by atomic mass is 14.4. The van der Waals surface area contributed by atoms with E-state index < -0.39 is 0 Å². The molecule has 21 rings (SSSR count). The Morgan fingerprint density at radius 2 is 0.431 bits per heavy atom. The molecule has 478 valence electrons. The van der Waals surface area contributed by atoms with Crippen LogP contribution in [0.1, 0.15) is 49.9 Å². The third-order valence-electron chi connectivity index (χ3n) is 23.0. The van der Waals surface area contributed by atoms with Crippen LogP contribution in [0, 0.1) is 0 Å². The molecule has 0 fully saturated rings. The predicted octanol–water partition coefficient (Wildman–Crippen LogP) is 28.4. The Bertz CT molecular complexity index is 6630. The lowest BCUT2D eigenvalue weighted by Gasteiger charge is -2.26. The minimum atomic E-state index is -0.151. The van der Waals surface area contributed by atoms with E-state index in [1.165, 1.54) is 208 Å². The minimum Gasteiger partial charge on any atom is -0.0616 e. The van der Waals surface area contributed by atoms with Crippen molar-refractivity contribution < 1.29 is 0 Å². The van der Waals surface area contributed by atoms with Crippen LogP contribution in [0.5, 0.6) is 0 Å². The topological polar surface area (TPSA) is 0 Å². The van der Waals surface area contributed by atoms with Crippen LogP contribution in [0.25, 0.3) is 186 Å². The lowest BCUT2D eigenvalue weighted by atomic mass is 9.77. The summed E-state index contributed by atoms with van der Waals surface area (Å²) in [6.07, 6.45) is 0. The first-order valence-corrected chi connectivity index (χ1v) is 36.0. The molecule has 0 radical (unpaired) electrons. The van der Waals surface area contributed by atoms with E-state index in [0.717, 1.165) is 0 Å². The molecule has 0 atom stereocenters. The molecule has 0 amide bonds. The highest BCUT2D eigenvalue weighted by molar-refractivity contribution is 6.27. The summed E-state index contributed by atoms with van der Waals surface area (Å²) in [5, 5.41) is 23.2. The van der Waals surface area contributed by atoms with Crippen molar-refractivity contribution in [2.75, 3.05) is 0 Å². The van der Waals surface area contributed by atoms with E-state index >= 15 is 0 Å². The molecule has 19 aromatic carbocycles. The highest BCUT2D eigenvalue weighted by Crippen LogP contribution is 2.58. The van der Waals surface area contributed by atoms with Crippen LogP contribution < -0.4 is 0 Å². The second-order valence-electron chi connectivity index (χ2n) is 29.2. The SMILES string of the molecule is CC1(C)c2c(-c3cccc(-c4c5ccccc5c(-c5cc6ccccc6c6ccccc56)c5ccccc45)c3)cccc2-c2ccc3ccccc3c21.CC1(C)c2c(-c3cccc(-c4c5ccccc5c(-c5cccc6ccccc56)c5ccccc45)c3)cccc2-c2ccc3ccccc3c21. The van der Waals surface area contributed by atoms with Gasteiger partial charge < -0.3 is 0 Å². The second kappa shape index (κ2) is 23.0. The molecule has 2 aliphatic rings. The van der Waals surface area contributed by atoms with Crippen molar-refractivity contribution >= 4 is 97.0 Å². The summed E-state index contributed by atoms with van der Waals surface area (Å²) in [5.74, 6) is 0. The zero-order valence-electron chi connectivity index (χ0n) is 57.5. The molecule has 0 nitrogen and oxygen atoms in total. The lowest BCUT2D eigenvalue weighted by molar-refractivity contribution is 0.668. The van der Waals surface area contributed by atoms with E-state index in [4.69, 9.17) is 0 Å². The fraction of sp³-hybridized carbons (Fsp3) is 0.0588. The molecule has 0 N–H and O–H groups in total. The van der Waals surface area contributed by atoms with Gasteiger partial charge in [-0.2, -0.15) is 0 Å². The van der Waals surface area contributed by atoms with Crippen molar-refractivity contribution in [3.05, 3.63) is 374 Å². The average molecular weight is 1300 g/mol. The van der Waals surface area contributed by atoms with E-state index in [0.29, 0.717) is 0 Å². The number of hydrogen-bond donors (Lipinski definition) is 0. The Morgan fingerprint density at radius 1 is 0.147 bits per heavy atom. The van der Waals surface area contributed by atoms with Crippen LogP contribution in [0.2, 0.25) is 0 Å². The van der Waals surface area contributed by atoms with Crippen molar-refractivity contribution in [1.29, 1.82) is 0 Å². The lowest BCUT2D eigenvalue weighted by Crippen LogP contribution is -2.16. The predicted molar refractivity (Wildman–Crippen MR) is 438 cm³/mol. The fourth-order valence-corrected chi connectivity index (χ4v) is 18.8. The monoisotopic (exact) mass is 1290 g/mol. The van der Waals surface area contributed by atoms with E-state index in [-0.39, 0.29) is 10.8 Å². The Morgan fingerprint density at radius 3 is 0.882 bits per heavy atom. The summed E-state index contributed by atoms with van der Waals surface area (Å²) in [6, 6.07) is 131. The number of hydrogen-bond acceptors (Lipinski definition) is 0. The molecule has 0 bridgehead atoms. The van der Waals surface area contributed by atoms with Gasteiger partial charge in [-0.15, -0.1) is 0 Å². The first-order valence-electron chi connectivity index (χ1n) is 36.0. The van der Waals surface area contributed by atoms with Crippen molar-refractivity contribution in [1.82, 2.24) is 0 Å². The van der Waals surface area contributed by atoms with Gasteiger partial charge in [-0.05, 0) is 226 Å².